The van der Waals surface area contributed by atoms with E-state index in [0.717, 1.165) is 0 Å². The minimum Gasteiger partial charge on any atom is -0.494 e. The highest BCUT2D eigenvalue weighted by atomic mass is 16.6. The Morgan fingerprint density at radius 3 is 2.56 bits per heavy atom. The second-order valence-corrected chi connectivity index (χ2v) is 6.32. The molecule has 0 radical (unpaired) electrons. The van der Waals surface area contributed by atoms with E-state index in [2.05, 4.69) is 10.4 Å². The van der Waals surface area contributed by atoms with Crippen molar-refractivity contribution in [2.45, 2.75) is 6.92 Å². The highest BCUT2D eigenvalue weighted by Gasteiger charge is 2.21. The minimum atomic E-state index is -0.686. The number of anilines is 1. The van der Waals surface area contributed by atoms with Gasteiger partial charge in [0.2, 0.25) is 5.69 Å². The van der Waals surface area contributed by atoms with Gasteiger partial charge in [0.1, 0.15) is 5.75 Å². The number of esters is 1. The van der Waals surface area contributed by atoms with Gasteiger partial charge in [0, 0.05) is 6.07 Å². The number of carbonyl (C=O) groups is 2. The molecule has 2 aromatic carbocycles. The Morgan fingerprint density at radius 1 is 1.16 bits per heavy atom. The van der Waals surface area contributed by atoms with Crippen LogP contribution in [0.4, 0.5) is 11.4 Å². The summed E-state index contributed by atoms with van der Waals surface area (Å²) in [6.45, 7) is 1.36. The van der Waals surface area contributed by atoms with Crippen LogP contribution in [0, 0.1) is 10.1 Å². The number of para-hydroxylation sites is 1. The van der Waals surface area contributed by atoms with E-state index >= 15 is 0 Å². The fourth-order valence-electron chi connectivity index (χ4n) is 2.74. The maximum Gasteiger partial charge on any atom is 0.362 e. The molecule has 32 heavy (non-hydrogen) atoms. The second kappa shape index (κ2) is 10.1. The molecule has 1 aromatic heterocycles. The van der Waals surface area contributed by atoms with Crippen LogP contribution >= 0.6 is 0 Å². The molecule has 11 nitrogen and oxygen atoms in total. The summed E-state index contributed by atoms with van der Waals surface area (Å²) in [5.74, 6) is -1.07. The van der Waals surface area contributed by atoms with Crippen LogP contribution in [0.25, 0.3) is 5.69 Å². The Morgan fingerprint density at radius 2 is 1.91 bits per heavy atom. The fourth-order valence-corrected chi connectivity index (χ4v) is 2.74. The maximum absolute atomic E-state index is 12.4. The highest BCUT2D eigenvalue weighted by molar-refractivity contribution is 5.94. The number of nitrogens with one attached hydrogen (secondary N) is 1. The molecular weight excluding hydrogens is 420 g/mol. The van der Waals surface area contributed by atoms with Crippen molar-refractivity contribution in [1.29, 1.82) is 0 Å². The Hall–Kier alpha value is -4.41. The SMILES string of the molecule is CCOC(=O)c1nn(-c2ccccc2)cc1OCC(=O)Nc1ccc([N+](=O)[O-])cc1OC. The van der Waals surface area contributed by atoms with Crippen LogP contribution in [0.5, 0.6) is 11.5 Å². The predicted octanol–water partition coefficient (Wildman–Crippen LogP) is 2.98. The van der Waals surface area contributed by atoms with Gasteiger partial charge in [-0.2, -0.15) is 5.10 Å². The molecule has 0 aliphatic rings. The number of rotatable bonds is 9. The van der Waals surface area contributed by atoms with Crippen molar-refractivity contribution in [2.24, 2.45) is 0 Å². The van der Waals surface area contributed by atoms with Crippen LogP contribution in [-0.4, -0.2) is 46.9 Å². The number of ether oxygens (including phenoxy) is 3. The highest BCUT2D eigenvalue weighted by Crippen LogP contribution is 2.29. The zero-order valence-corrected chi connectivity index (χ0v) is 17.3. The Labute approximate surface area is 182 Å². The van der Waals surface area contributed by atoms with Crippen molar-refractivity contribution >= 4 is 23.3 Å². The van der Waals surface area contributed by atoms with Gasteiger partial charge in [-0.25, -0.2) is 9.48 Å². The molecule has 0 saturated carbocycles. The summed E-state index contributed by atoms with van der Waals surface area (Å²) < 4.78 is 17.1. The van der Waals surface area contributed by atoms with E-state index in [1.165, 1.54) is 36.2 Å². The summed E-state index contributed by atoms with van der Waals surface area (Å²) in [7, 11) is 1.33. The van der Waals surface area contributed by atoms with Crippen molar-refractivity contribution in [1.82, 2.24) is 9.78 Å². The van der Waals surface area contributed by atoms with Gasteiger partial charge < -0.3 is 19.5 Å². The minimum absolute atomic E-state index is 0.0677. The molecule has 0 atom stereocenters. The summed E-state index contributed by atoms with van der Waals surface area (Å²) in [5, 5.41) is 17.7. The number of nitro benzene ring substituents is 1. The van der Waals surface area contributed by atoms with Crippen LogP contribution in [0.1, 0.15) is 17.4 Å². The van der Waals surface area contributed by atoms with E-state index in [4.69, 9.17) is 14.2 Å². The number of non-ortho nitro benzene ring substituents is 1. The maximum atomic E-state index is 12.4. The average Bonchev–Trinajstić information content (AvgIpc) is 3.23. The van der Waals surface area contributed by atoms with Gasteiger partial charge in [0.15, 0.2) is 12.4 Å². The lowest BCUT2D eigenvalue weighted by atomic mass is 10.2. The predicted molar refractivity (Wildman–Crippen MR) is 113 cm³/mol. The van der Waals surface area contributed by atoms with E-state index in [0.29, 0.717) is 5.69 Å². The van der Waals surface area contributed by atoms with Gasteiger partial charge in [-0.3, -0.25) is 14.9 Å². The third-order valence-electron chi connectivity index (χ3n) is 4.20. The van der Waals surface area contributed by atoms with E-state index in [1.807, 2.05) is 18.2 Å². The normalized spacial score (nSPS) is 10.3. The summed E-state index contributed by atoms with van der Waals surface area (Å²) in [5.41, 5.74) is 0.671. The Balaban J connectivity index is 1.75. The van der Waals surface area contributed by atoms with Crippen molar-refractivity contribution in [3.63, 3.8) is 0 Å². The first kappa shape index (κ1) is 22.3. The number of nitrogens with zero attached hydrogens (tertiary/aromatic N) is 3. The third kappa shape index (κ3) is 5.19. The van der Waals surface area contributed by atoms with Crippen molar-refractivity contribution < 1.29 is 28.7 Å². The third-order valence-corrected chi connectivity index (χ3v) is 4.20. The standard InChI is InChI=1S/C21H20N4O7/c1-3-31-21(27)20-18(12-24(23-20)14-7-5-4-6-8-14)32-13-19(26)22-16-10-9-15(25(28)29)11-17(16)30-2/h4-12H,3,13H2,1-2H3,(H,22,26). The van der Waals surface area contributed by atoms with Gasteiger partial charge in [-0.05, 0) is 25.1 Å². The van der Waals surface area contributed by atoms with Gasteiger partial charge in [-0.1, -0.05) is 18.2 Å². The molecule has 1 amide bonds. The molecule has 1 heterocycles. The molecule has 0 saturated heterocycles. The van der Waals surface area contributed by atoms with E-state index in [9.17, 15) is 19.7 Å². The smallest absolute Gasteiger partial charge is 0.362 e. The van der Waals surface area contributed by atoms with Crippen LogP contribution in [0.15, 0.2) is 54.7 Å². The van der Waals surface area contributed by atoms with Crippen molar-refractivity contribution in [2.75, 3.05) is 25.6 Å². The second-order valence-electron chi connectivity index (χ2n) is 6.32. The molecule has 3 aromatic rings. The number of amides is 1. The van der Waals surface area contributed by atoms with Crippen molar-refractivity contribution in [3.8, 4) is 17.2 Å². The Bertz CT molecular complexity index is 1130. The first-order valence-electron chi connectivity index (χ1n) is 9.50. The molecule has 0 aliphatic heterocycles. The Kier molecular flexibility index (Phi) is 7.01. The molecule has 0 bridgehead atoms. The largest absolute Gasteiger partial charge is 0.494 e. The van der Waals surface area contributed by atoms with Crippen LogP contribution < -0.4 is 14.8 Å². The topological polar surface area (TPSA) is 135 Å². The molecular formula is C21H20N4O7. The van der Waals surface area contributed by atoms with Gasteiger partial charge >= 0.3 is 5.97 Å². The average molecular weight is 440 g/mol. The molecule has 1 N–H and O–H groups in total. The molecule has 0 aliphatic carbocycles. The van der Waals surface area contributed by atoms with Crippen LogP contribution in [-0.2, 0) is 9.53 Å². The summed E-state index contributed by atoms with van der Waals surface area (Å²) in [6, 6.07) is 12.8. The summed E-state index contributed by atoms with van der Waals surface area (Å²) >= 11 is 0. The quantitative estimate of drug-likeness (QED) is 0.305. The number of methoxy groups -OCH3 is 1. The fraction of sp³-hybridized carbons (Fsp3) is 0.190. The van der Waals surface area contributed by atoms with Gasteiger partial charge in [0.25, 0.3) is 11.6 Å². The van der Waals surface area contributed by atoms with Gasteiger partial charge in [-0.15, -0.1) is 0 Å². The lowest BCUT2D eigenvalue weighted by Crippen LogP contribution is -2.21. The molecule has 0 fully saturated rings. The first-order chi connectivity index (χ1) is 15.4. The molecule has 166 valence electrons. The van der Waals surface area contributed by atoms with Crippen molar-refractivity contribution in [3.05, 3.63) is 70.5 Å². The zero-order chi connectivity index (χ0) is 23.1. The molecule has 11 heteroatoms. The molecule has 3 rings (SSSR count). The molecule has 0 unspecified atom stereocenters. The van der Waals surface area contributed by atoms with E-state index in [-0.39, 0.29) is 35.2 Å². The van der Waals surface area contributed by atoms with E-state index < -0.39 is 23.4 Å². The number of benzene rings is 2. The molecule has 0 spiro atoms. The van der Waals surface area contributed by atoms with Crippen LogP contribution in [0.2, 0.25) is 0 Å². The van der Waals surface area contributed by atoms with Gasteiger partial charge in [0.05, 0.1) is 42.3 Å². The number of hydrogen-bond acceptors (Lipinski definition) is 8. The van der Waals surface area contributed by atoms with Crippen LogP contribution in [0.3, 0.4) is 0 Å². The van der Waals surface area contributed by atoms with E-state index in [1.54, 1.807) is 19.1 Å². The zero-order valence-electron chi connectivity index (χ0n) is 17.3. The first-order valence-corrected chi connectivity index (χ1v) is 9.50. The number of carbonyl (C=O) groups excluding carboxylic acids is 2. The number of hydrogen-bond donors (Lipinski definition) is 1. The lowest BCUT2D eigenvalue weighted by Gasteiger charge is -2.10. The lowest BCUT2D eigenvalue weighted by molar-refractivity contribution is -0.384. The summed E-state index contributed by atoms with van der Waals surface area (Å²) in [6.07, 6.45) is 1.47. The number of nitro groups is 1. The monoisotopic (exact) mass is 440 g/mol. The summed E-state index contributed by atoms with van der Waals surface area (Å²) in [4.78, 5) is 35.0. The number of aromatic nitrogens is 2.